The molecule has 116 valence electrons. The third-order valence-corrected chi connectivity index (χ3v) is 3.18. The molecule has 1 atom stereocenters. The first kappa shape index (κ1) is 15.9. The highest BCUT2D eigenvalue weighted by atomic mass is 19.1. The summed E-state index contributed by atoms with van der Waals surface area (Å²) in [5.41, 5.74) is 0.127. The molecule has 0 spiro atoms. The van der Waals surface area contributed by atoms with Gasteiger partial charge in [-0.25, -0.2) is 13.2 Å². The molecule has 2 aromatic rings. The number of hydrogen-bond acceptors (Lipinski definition) is 2. The first-order valence-corrected chi connectivity index (χ1v) is 6.51. The third-order valence-electron chi connectivity index (χ3n) is 3.18. The van der Waals surface area contributed by atoms with Gasteiger partial charge in [-0.15, -0.1) is 0 Å². The van der Waals surface area contributed by atoms with E-state index in [9.17, 15) is 18.0 Å². The van der Waals surface area contributed by atoms with Crippen molar-refractivity contribution >= 4 is 5.91 Å². The minimum Gasteiger partial charge on any atom is -0.496 e. The van der Waals surface area contributed by atoms with Crippen molar-refractivity contribution in [1.82, 2.24) is 5.32 Å². The van der Waals surface area contributed by atoms with Gasteiger partial charge in [-0.05, 0) is 31.2 Å². The van der Waals surface area contributed by atoms with Gasteiger partial charge >= 0.3 is 0 Å². The molecule has 0 aliphatic heterocycles. The zero-order chi connectivity index (χ0) is 16.3. The molecule has 6 heteroatoms. The lowest BCUT2D eigenvalue weighted by Crippen LogP contribution is -2.27. The summed E-state index contributed by atoms with van der Waals surface area (Å²) < 4.78 is 44.9. The van der Waals surface area contributed by atoms with Crippen LogP contribution in [0, 0.1) is 17.5 Å². The molecule has 0 bridgehead atoms. The lowest BCUT2D eigenvalue weighted by atomic mass is 10.1. The van der Waals surface area contributed by atoms with E-state index in [1.165, 1.54) is 25.3 Å². The minimum absolute atomic E-state index is 0.00290. The largest absolute Gasteiger partial charge is 0.496 e. The molecule has 22 heavy (non-hydrogen) atoms. The smallest absolute Gasteiger partial charge is 0.255 e. The van der Waals surface area contributed by atoms with Crippen molar-refractivity contribution < 1.29 is 22.7 Å². The van der Waals surface area contributed by atoms with Crippen molar-refractivity contribution in [2.75, 3.05) is 7.11 Å². The van der Waals surface area contributed by atoms with Gasteiger partial charge in [-0.3, -0.25) is 4.79 Å². The van der Waals surface area contributed by atoms with E-state index in [1.54, 1.807) is 6.92 Å². The molecule has 0 saturated heterocycles. The Bertz CT molecular complexity index is 704. The number of ether oxygens (including phenoxy) is 1. The zero-order valence-electron chi connectivity index (χ0n) is 12.0. The predicted octanol–water partition coefficient (Wildman–Crippen LogP) is 3.60. The number of rotatable bonds is 4. The van der Waals surface area contributed by atoms with Crippen LogP contribution < -0.4 is 10.1 Å². The van der Waals surface area contributed by atoms with Gasteiger partial charge in [0.25, 0.3) is 5.91 Å². The topological polar surface area (TPSA) is 38.3 Å². The lowest BCUT2D eigenvalue weighted by Gasteiger charge is -2.16. The Kier molecular flexibility index (Phi) is 4.70. The highest BCUT2D eigenvalue weighted by Gasteiger charge is 2.18. The number of carbonyl (C=O) groups is 1. The van der Waals surface area contributed by atoms with E-state index in [2.05, 4.69) is 5.32 Å². The normalized spacial score (nSPS) is 11.9. The first-order chi connectivity index (χ1) is 10.4. The molecule has 0 aromatic heterocycles. The van der Waals surface area contributed by atoms with Crippen molar-refractivity contribution in [1.29, 1.82) is 0 Å². The molecule has 2 aromatic carbocycles. The molecule has 1 N–H and O–H groups in total. The monoisotopic (exact) mass is 309 g/mol. The number of benzene rings is 2. The van der Waals surface area contributed by atoms with E-state index < -0.39 is 29.4 Å². The molecule has 2 rings (SSSR count). The van der Waals surface area contributed by atoms with Crippen molar-refractivity contribution in [3.63, 3.8) is 0 Å². The molecule has 0 heterocycles. The number of amides is 1. The van der Waals surface area contributed by atoms with Crippen LogP contribution in [0.2, 0.25) is 0 Å². The van der Waals surface area contributed by atoms with Crippen LogP contribution in [0.25, 0.3) is 0 Å². The quantitative estimate of drug-likeness (QED) is 0.937. The summed E-state index contributed by atoms with van der Waals surface area (Å²) in [6.07, 6.45) is 0. The maximum Gasteiger partial charge on any atom is 0.255 e. The second-order valence-electron chi connectivity index (χ2n) is 4.71. The molecular weight excluding hydrogens is 295 g/mol. The van der Waals surface area contributed by atoms with Crippen LogP contribution in [0.15, 0.2) is 36.4 Å². The van der Waals surface area contributed by atoms with E-state index in [4.69, 9.17) is 4.74 Å². The molecule has 0 fully saturated rings. The Morgan fingerprint density at radius 1 is 1.09 bits per heavy atom. The number of nitrogens with one attached hydrogen (secondary N) is 1. The summed E-state index contributed by atoms with van der Waals surface area (Å²) in [4.78, 5) is 12.2. The van der Waals surface area contributed by atoms with Crippen LogP contribution in [0.3, 0.4) is 0 Å². The Labute approximate surface area is 125 Å². The Morgan fingerprint density at radius 2 is 1.73 bits per heavy atom. The maximum absolute atomic E-state index is 13.7. The fourth-order valence-electron chi connectivity index (χ4n) is 2.06. The van der Waals surface area contributed by atoms with Crippen LogP contribution in [-0.2, 0) is 0 Å². The van der Waals surface area contributed by atoms with Gasteiger partial charge in [0.15, 0.2) is 0 Å². The van der Waals surface area contributed by atoms with Gasteiger partial charge in [0, 0.05) is 11.6 Å². The van der Waals surface area contributed by atoms with E-state index in [0.29, 0.717) is 0 Å². The summed E-state index contributed by atoms with van der Waals surface area (Å²) in [5, 5.41) is 2.53. The molecular formula is C16H14F3NO2. The number of carbonyl (C=O) groups excluding carboxylic acids is 1. The highest BCUT2D eigenvalue weighted by Crippen LogP contribution is 2.22. The zero-order valence-corrected chi connectivity index (χ0v) is 12.0. The first-order valence-electron chi connectivity index (χ1n) is 6.51. The van der Waals surface area contributed by atoms with Gasteiger partial charge in [0.2, 0.25) is 0 Å². The molecule has 0 aliphatic carbocycles. The van der Waals surface area contributed by atoms with Crippen LogP contribution in [0.4, 0.5) is 13.2 Å². The third kappa shape index (κ3) is 3.39. The Morgan fingerprint density at radius 3 is 2.36 bits per heavy atom. The summed E-state index contributed by atoms with van der Waals surface area (Å²) in [6.45, 7) is 1.54. The highest BCUT2D eigenvalue weighted by molar-refractivity contribution is 5.97. The minimum atomic E-state index is -0.765. The SMILES string of the molecule is COc1ccc(F)cc1C(=O)NC(C)c1ccc(F)cc1F. The van der Waals surface area contributed by atoms with E-state index in [0.717, 1.165) is 18.2 Å². The second kappa shape index (κ2) is 6.51. The fourth-order valence-corrected chi connectivity index (χ4v) is 2.06. The van der Waals surface area contributed by atoms with Gasteiger partial charge in [0.1, 0.15) is 23.2 Å². The predicted molar refractivity (Wildman–Crippen MR) is 75.2 cm³/mol. The van der Waals surface area contributed by atoms with Crippen molar-refractivity contribution in [2.24, 2.45) is 0 Å². The Hall–Kier alpha value is -2.50. The van der Waals surface area contributed by atoms with Gasteiger partial charge in [0.05, 0.1) is 18.7 Å². The molecule has 1 unspecified atom stereocenters. The van der Waals surface area contributed by atoms with Crippen LogP contribution in [0.1, 0.15) is 28.9 Å². The number of methoxy groups -OCH3 is 1. The molecule has 1 amide bonds. The lowest BCUT2D eigenvalue weighted by molar-refractivity contribution is 0.0936. The molecule has 0 radical (unpaired) electrons. The van der Waals surface area contributed by atoms with Gasteiger partial charge in [-0.1, -0.05) is 6.07 Å². The summed E-state index contributed by atoms with van der Waals surface area (Å²) >= 11 is 0. The summed E-state index contributed by atoms with van der Waals surface area (Å²) in [6, 6.07) is 5.89. The van der Waals surface area contributed by atoms with Gasteiger partial charge in [-0.2, -0.15) is 0 Å². The average Bonchev–Trinajstić information content (AvgIpc) is 2.46. The van der Waals surface area contributed by atoms with Crippen LogP contribution in [0.5, 0.6) is 5.75 Å². The standard InChI is InChI=1S/C16H14F3NO2/c1-9(12-5-3-11(18)8-14(12)19)20-16(21)13-7-10(17)4-6-15(13)22-2/h3-9H,1-2H3,(H,20,21). The summed E-state index contributed by atoms with van der Waals surface area (Å²) in [7, 11) is 1.35. The number of halogens is 3. The maximum atomic E-state index is 13.7. The van der Waals surface area contributed by atoms with E-state index >= 15 is 0 Å². The van der Waals surface area contributed by atoms with Crippen LogP contribution >= 0.6 is 0 Å². The van der Waals surface area contributed by atoms with Crippen molar-refractivity contribution in [3.05, 3.63) is 65.0 Å². The van der Waals surface area contributed by atoms with Gasteiger partial charge < -0.3 is 10.1 Å². The van der Waals surface area contributed by atoms with E-state index in [1.807, 2.05) is 0 Å². The number of hydrogen-bond donors (Lipinski definition) is 1. The summed E-state index contributed by atoms with van der Waals surface area (Å²) in [5.74, 6) is -2.48. The fraction of sp³-hybridized carbons (Fsp3) is 0.188. The molecule has 0 aliphatic rings. The second-order valence-corrected chi connectivity index (χ2v) is 4.71. The van der Waals surface area contributed by atoms with Crippen molar-refractivity contribution in [3.8, 4) is 5.75 Å². The Balaban J connectivity index is 2.23. The van der Waals surface area contributed by atoms with Crippen molar-refractivity contribution in [2.45, 2.75) is 13.0 Å². The van der Waals surface area contributed by atoms with Crippen LogP contribution in [-0.4, -0.2) is 13.0 Å². The molecule has 3 nitrogen and oxygen atoms in total. The average molecular weight is 309 g/mol. The molecule has 0 saturated carbocycles. The van der Waals surface area contributed by atoms with E-state index in [-0.39, 0.29) is 16.9 Å².